The van der Waals surface area contributed by atoms with E-state index in [1.54, 1.807) is 29.2 Å². The molecule has 10 heteroatoms. The Morgan fingerprint density at radius 1 is 1.06 bits per heavy atom. The fourth-order valence-electron chi connectivity index (χ4n) is 3.86. The van der Waals surface area contributed by atoms with Crippen LogP contribution in [0.25, 0.3) is 0 Å². The van der Waals surface area contributed by atoms with Gasteiger partial charge < -0.3 is 15.5 Å². The van der Waals surface area contributed by atoms with E-state index in [1.807, 2.05) is 0 Å². The monoisotopic (exact) mass is 470 g/mol. The summed E-state index contributed by atoms with van der Waals surface area (Å²) in [5.74, 6) is -1.12. The minimum atomic E-state index is -0.599. The normalized spacial score (nSPS) is 17.8. The van der Waals surface area contributed by atoms with Gasteiger partial charge in [-0.05, 0) is 43.9 Å². The predicted molar refractivity (Wildman–Crippen MR) is 122 cm³/mol. The number of para-hydroxylation sites is 1. The molecule has 1 saturated carbocycles. The van der Waals surface area contributed by atoms with Crippen LogP contribution in [0, 0.1) is 16.0 Å². The SMILES string of the molecule is O=C(Nc1ccccc1C(=O)N1CCCC(C(=O)NC2CC2)C1)c1ccc([N+](=O)[O-])cc1Cl. The van der Waals surface area contributed by atoms with Crippen molar-refractivity contribution in [3.05, 3.63) is 68.7 Å². The number of rotatable bonds is 6. The van der Waals surface area contributed by atoms with Crippen LogP contribution in [0.4, 0.5) is 11.4 Å². The second-order valence-electron chi connectivity index (χ2n) is 8.29. The highest BCUT2D eigenvalue weighted by Gasteiger charge is 2.32. The Kier molecular flexibility index (Phi) is 6.60. The number of nitrogens with zero attached hydrogens (tertiary/aromatic N) is 2. The zero-order valence-electron chi connectivity index (χ0n) is 17.8. The summed E-state index contributed by atoms with van der Waals surface area (Å²) >= 11 is 6.07. The topological polar surface area (TPSA) is 122 Å². The van der Waals surface area contributed by atoms with Crippen LogP contribution in [0.2, 0.25) is 5.02 Å². The Labute approximate surface area is 195 Å². The third-order valence-corrected chi connectivity index (χ3v) is 6.13. The number of benzene rings is 2. The van der Waals surface area contributed by atoms with Gasteiger partial charge in [0.15, 0.2) is 0 Å². The molecule has 4 rings (SSSR count). The number of carbonyl (C=O) groups is 3. The van der Waals surface area contributed by atoms with E-state index in [-0.39, 0.29) is 40.0 Å². The van der Waals surface area contributed by atoms with Gasteiger partial charge in [0.05, 0.1) is 32.7 Å². The lowest BCUT2D eigenvalue weighted by Gasteiger charge is -2.32. The molecule has 0 bridgehead atoms. The van der Waals surface area contributed by atoms with Crippen molar-refractivity contribution >= 4 is 40.7 Å². The van der Waals surface area contributed by atoms with Crippen LogP contribution >= 0.6 is 11.6 Å². The van der Waals surface area contributed by atoms with Crippen LogP contribution in [-0.2, 0) is 4.79 Å². The molecule has 0 spiro atoms. The third-order valence-electron chi connectivity index (χ3n) is 5.82. The average molecular weight is 471 g/mol. The molecule has 2 aliphatic rings. The molecule has 3 amide bonds. The molecule has 1 aliphatic carbocycles. The van der Waals surface area contributed by atoms with E-state index in [4.69, 9.17) is 11.6 Å². The Balaban J connectivity index is 1.48. The molecule has 1 heterocycles. The number of non-ortho nitro benzene ring substituents is 1. The zero-order chi connectivity index (χ0) is 23.5. The van der Waals surface area contributed by atoms with Crippen LogP contribution in [0.3, 0.4) is 0 Å². The lowest BCUT2D eigenvalue weighted by atomic mass is 9.96. The first-order valence-electron chi connectivity index (χ1n) is 10.8. The van der Waals surface area contributed by atoms with Crippen molar-refractivity contribution in [2.24, 2.45) is 5.92 Å². The number of carbonyl (C=O) groups excluding carboxylic acids is 3. The number of hydrogen-bond donors (Lipinski definition) is 2. The minimum Gasteiger partial charge on any atom is -0.353 e. The van der Waals surface area contributed by atoms with Crippen molar-refractivity contribution in [3.8, 4) is 0 Å². The summed E-state index contributed by atoms with van der Waals surface area (Å²) in [7, 11) is 0. The number of halogens is 1. The number of amides is 3. The fraction of sp³-hybridized carbons (Fsp3) is 0.348. The number of hydrogen-bond acceptors (Lipinski definition) is 5. The van der Waals surface area contributed by atoms with E-state index >= 15 is 0 Å². The van der Waals surface area contributed by atoms with Crippen LogP contribution in [-0.4, -0.2) is 46.7 Å². The molecule has 1 unspecified atom stereocenters. The number of nitro groups is 1. The first-order chi connectivity index (χ1) is 15.8. The molecule has 2 aromatic rings. The largest absolute Gasteiger partial charge is 0.353 e. The highest BCUT2D eigenvalue weighted by Crippen LogP contribution is 2.27. The van der Waals surface area contributed by atoms with E-state index in [0.29, 0.717) is 24.3 Å². The van der Waals surface area contributed by atoms with E-state index in [2.05, 4.69) is 10.6 Å². The number of nitro benzene ring substituents is 1. The second kappa shape index (κ2) is 9.58. The first-order valence-corrected chi connectivity index (χ1v) is 11.1. The van der Waals surface area contributed by atoms with Crippen molar-refractivity contribution in [3.63, 3.8) is 0 Å². The molecule has 2 aromatic carbocycles. The van der Waals surface area contributed by atoms with Crippen molar-refractivity contribution in [2.75, 3.05) is 18.4 Å². The maximum Gasteiger partial charge on any atom is 0.270 e. The highest BCUT2D eigenvalue weighted by molar-refractivity contribution is 6.34. The molecule has 1 atom stereocenters. The Bertz CT molecular complexity index is 1120. The van der Waals surface area contributed by atoms with Crippen LogP contribution in [0.15, 0.2) is 42.5 Å². The van der Waals surface area contributed by atoms with Crippen LogP contribution in [0.5, 0.6) is 0 Å². The Morgan fingerprint density at radius 2 is 1.82 bits per heavy atom. The molecule has 172 valence electrons. The first kappa shape index (κ1) is 22.7. The highest BCUT2D eigenvalue weighted by atomic mass is 35.5. The van der Waals surface area contributed by atoms with Crippen molar-refractivity contribution in [1.29, 1.82) is 0 Å². The Morgan fingerprint density at radius 3 is 2.52 bits per heavy atom. The van der Waals surface area contributed by atoms with Gasteiger partial charge in [-0.3, -0.25) is 24.5 Å². The van der Waals surface area contributed by atoms with Gasteiger partial charge in [-0.25, -0.2) is 0 Å². The molecule has 1 aliphatic heterocycles. The molecular weight excluding hydrogens is 448 g/mol. The standard InChI is InChI=1S/C23H23ClN4O5/c24-19-12-16(28(32)33)9-10-17(19)22(30)26-20-6-2-1-5-18(20)23(31)27-11-3-4-14(13-27)21(29)25-15-7-8-15/h1-2,5-6,9-10,12,14-15H,3-4,7-8,11,13H2,(H,25,29)(H,26,30). The summed E-state index contributed by atoms with van der Waals surface area (Å²) in [4.78, 5) is 50.4. The van der Waals surface area contributed by atoms with E-state index in [1.165, 1.54) is 12.1 Å². The molecule has 33 heavy (non-hydrogen) atoms. The third kappa shape index (κ3) is 5.31. The van der Waals surface area contributed by atoms with Gasteiger partial charge in [0, 0.05) is 31.3 Å². The van der Waals surface area contributed by atoms with Crippen molar-refractivity contribution < 1.29 is 19.3 Å². The number of anilines is 1. The number of likely N-dealkylation sites (tertiary alicyclic amines) is 1. The van der Waals surface area contributed by atoms with Gasteiger partial charge in [0.2, 0.25) is 5.91 Å². The number of piperidine rings is 1. The molecule has 0 radical (unpaired) electrons. The van der Waals surface area contributed by atoms with Crippen molar-refractivity contribution in [2.45, 2.75) is 31.7 Å². The molecule has 2 fully saturated rings. The van der Waals surface area contributed by atoms with E-state index in [0.717, 1.165) is 31.7 Å². The van der Waals surface area contributed by atoms with Gasteiger partial charge in [0.1, 0.15) is 0 Å². The smallest absolute Gasteiger partial charge is 0.270 e. The molecule has 0 aromatic heterocycles. The van der Waals surface area contributed by atoms with E-state index in [9.17, 15) is 24.5 Å². The van der Waals surface area contributed by atoms with E-state index < -0.39 is 10.8 Å². The van der Waals surface area contributed by atoms with Gasteiger partial charge in [-0.15, -0.1) is 0 Å². The maximum atomic E-state index is 13.3. The van der Waals surface area contributed by atoms with Crippen LogP contribution < -0.4 is 10.6 Å². The maximum absolute atomic E-state index is 13.3. The predicted octanol–water partition coefficient (Wildman–Crippen LogP) is 3.63. The second-order valence-corrected chi connectivity index (χ2v) is 8.70. The summed E-state index contributed by atoms with van der Waals surface area (Å²) < 4.78 is 0. The minimum absolute atomic E-state index is 0.00981. The van der Waals surface area contributed by atoms with Crippen LogP contribution in [0.1, 0.15) is 46.4 Å². The van der Waals surface area contributed by atoms with Gasteiger partial charge in [-0.2, -0.15) is 0 Å². The molecule has 2 N–H and O–H groups in total. The quantitative estimate of drug-likeness (QED) is 0.493. The molecule has 9 nitrogen and oxygen atoms in total. The van der Waals surface area contributed by atoms with Crippen molar-refractivity contribution in [1.82, 2.24) is 10.2 Å². The zero-order valence-corrected chi connectivity index (χ0v) is 18.5. The summed E-state index contributed by atoms with van der Waals surface area (Å²) in [6.45, 7) is 0.857. The van der Waals surface area contributed by atoms with Gasteiger partial charge in [0.25, 0.3) is 17.5 Å². The summed E-state index contributed by atoms with van der Waals surface area (Å²) in [6, 6.07) is 10.4. The lowest BCUT2D eigenvalue weighted by molar-refractivity contribution is -0.384. The number of nitrogens with one attached hydrogen (secondary N) is 2. The van der Waals surface area contributed by atoms with Gasteiger partial charge >= 0.3 is 0 Å². The molecular formula is C23H23ClN4O5. The fourth-order valence-corrected chi connectivity index (χ4v) is 4.12. The molecule has 1 saturated heterocycles. The average Bonchev–Trinajstić information content (AvgIpc) is 3.62. The Hall–Kier alpha value is -3.46. The summed E-state index contributed by atoms with van der Waals surface area (Å²) in [6.07, 6.45) is 3.47. The lowest BCUT2D eigenvalue weighted by Crippen LogP contribution is -2.46. The van der Waals surface area contributed by atoms with Gasteiger partial charge in [-0.1, -0.05) is 23.7 Å². The summed E-state index contributed by atoms with van der Waals surface area (Å²) in [5, 5.41) is 16.5. The summed E-state index contributed by atoms with van der Waals surface area (Å²) in [5.41, 5.74) is 0.426.